The topological polar surface area (TPSA) is 91.0 Å². The first-order chi connectivity index (χ1) is 9.95. The molecule has 2 aromatic carbocycles. The molecule has 0 heterocycles. The fraction of sp³-hybridized carbons (Fsp3) is 0. The Hall–Kier alpha value is -1.86. The molecule has 0 bridgehead atoms. The standard InChI is InChI=1S/C14H12Br2N4O/c15-9-4-5-12(11(16)7-9)20-14(21)19-10-3-1-2-8(6-10)13(17)18/h1-7H,(H3,17,18)(H2,19,20,21). The van der Waals surface area contributed by atoms with E-state index in [2.05, 4.69) is 42.5 Å². The van der Waals surface area contributed by atoms with Gasteiger partial charge in [0, 0.05) is 20.2 Å². The van der Waals surface area contributed by atoms with Crippen molar-refractivity contribution in [3.8, 4) is 0 Å². The number of hydrogen-bond acceptors (Lipinski definition) is 2. The Morgan fingerprint density at radius 2 is 1.86 bits per heavy atom. The molecule has 7 heteroatoms. The molecule has 21 heavy (non-hydrogen) atoms. The Bertz CT molecular complexity index is 703. The molecule has 0 saturated heterocycles. The van der Waals surface area contributed by atoms with Crippen LogP contribution in [0.3, 0.4) is 0 Å². The average molecular weight is 412 g/mol. The van der Waals surface area contributed by atoms with E-state index in [1.54, 1.807) is 30.3 Å². The predicted octanol–water partition coefficient (Wildman–Crippen LogP) is 4.14. The minimum absolute atomic E-state index is 0.0466. The number of benzene rings is 2. The first-order valence-corrected chi connectivity index (χ1v) is 7.52. The summed E-state index contributed by atoms with van der Waals surface area (Å²) in [5.41, 5.74) is 7.18. The van der Waals surface area contributed by atoms with Crippen molar-refractivity contribution < 1.29 is 4.79 Å². The normalized spacial score (nSPS) is 10.0. The molecule has 2 amide bonds. The Morgan fingerprint density at radius 1 is 1.10 bits per heavy atom. The number of hydrogen-bond donors (Lipinski definition) is 4. The lowest BCUT2D eigenvalue weighted by Crippen LogP contribution is -2.20. The molecular formula is C14H12Br2N4O. The number of carbonyl (C=O) groups excluding carboxylic acids is 1. The molecule has 5 nitrogen and oxygen atoms in total. The molecule has 2 aromatic rings. The van der Waals surface area contributed by atoms with Crippen LogP contribution in [0.2, 0.25) is 0 Å². The molecule has 0 fully saturated rings. The van der Waals surface area contributed by atoms with E-state index in [4.69, 9.17) is 11.1 Å². The molecular weight excluding hydrogens is 400 g/mol. The van der Waals surface area contributed by atoms with Gasteiger partial charge >= 0.3 is 6.03 Å². The van der Waals surface area contributed by atoms with Crippen LogP contribution < -0.4 is 16.4 Å². The number of urea groups is 1. The van der Waals surface area contributed by atoms with Crippen molar-refractivity contribution in [1.82, 2.24) is 0 Å². The van der Waals surface area contributed by atoms with Gasteiger partial charge in [-0.1, -0.05) is 28.1 Å². The molecule has 0 aliphatic rings. The second-order valence-corrected chi connectivity index (χ2v) is 5.97. The van der Waals surface area contributed by atoms with Gasteiger partial charge in [-0.15, -0.1) is 0 Å². The highest BCUT2D eigenvalue weighted by Gasteiger charge is 2.07. The van der Waals surface area contributed by atoms with Crippen LogP contribution in [0.25, 0.3) is 0 Å². The third kappa shape index (κ3) is 4.30. The zero-order chi connectivity index (χ0) is 15.4. The Morgan fingerprint density at radius 3 is 2.52 bits per heavy atom. The maximum absolute atomic E-state index is 12.0. The number of rotatable bonds is 3. The zero-order valence-corrected chi connectivity index (χ0v) is 14.0. The van der Waals surface area contributed by atoms with E-state index in [9.17, 15) is 4.79 Å². The van der Waals surface area contributed by atoms with Crippen LogP contribution in [0.5, 0.6) is 0 Å². The first kappa shape index (κ1) is 15.5. The molecule has 0 atom stereocenters. The molecule has 2 rings (SSSR count). The summed E-state index contributed by atoms with van der Waals surface area (Å²) in [7, 11) is 0. The number of nitrogens with one attached hydrogen (secondary N) is 3. The number of amides is 2. The Kier molecular flexibility index (Phi) is 4.98. The number of amidine groups is 1. The van der Waals surface area contributed by atoms with E-state index >= 15 is 0 Å². The van der Waals surface area contributed by atoms with Gasteiger partial charge in [0.2, 0.25) is 0 Å². The number of carbonyl (C=O) groups is 1. The van der Waals surface area contributed by atoms with Crippen LogP contribution >= 0.6 is 31.9 Å². The summed E-state index contributed by atoms with van der Waals surface area (Å²) in [5.74, 6) is -0.0466. The van der Waals surface area contributed by atoms with Gasteiger partial charge in [-0.25, -0.2) is 4.79 Å². The van der Waals surface area contributed by atoms with Gasteiger partial charge in [0.1, 0.15) is 5.84 Å². The van der Waals surface area contributed by atoms with Crippen LogP contribution in [-0.4, -0.2) is 11.9 Å². The first-order valence-electron chi connectivity index (χ1n) is 5.93. The summed E-state index contributed by atoms with van der Waals surface area (Å²) in [6.07, 6.45) is 0. The molecule has 0 aliphatic heterocycles. The van der Waals surface area contributed by atoms with Crippen LogP contribution in [-0.2, 0) is 0 Å². The van der Waals surface area contributed by atoms with Crippen molar-refractivity contribution in [2.45, 2.75) is 0 Å². The van der Waals surface area contributed by atoms with Crippen LogP contribution in [0.4, 0.5) is 16.2 Å². The van der Waals surface area contributed by atoms with E-state index in [1.165, 1.54) is 0 Å². The van der Waals surface area contributed by atoms with E-state index in [0.717, 1.165) is 8.95 Å². The van der Waals surface area contributed by atoms with Crippen molar-refractivity contribution >= 4 is 55.1 Å². The Balaban J connectivity index is 2.08. The van der Waals surface area contributed by atoms with Crippen LogP contribution in [0.15, 0.2) is 51.4 Å². The van der Waals surface area contributed by atoms with Crippen LogP contribution in [0, 0.1) is 5.41 Å². The summed E-state index contributed by atoms with van der Waals surface area (Å²) >= 11 is 6.72. The van der Waals surface area contributed by atoms with E-state index in [-0.39, 0.29) is 11.9 Å². The van der Waals surface area contributed by atoms with Gasteiger partial charge in [-0.3, -0.25) is 5.41 Å². The van der Waals surface area contributed by atoms with Crippen molar-refractivity contribution in [3.05, 3.63) is 57.0 Å². The maximum atomic E-state index is 12.0. The second kappa shape index (κ2) is 6.73. The maximum Gasteiger partial charge on any atom is 0.323 e. The molecule has 0 aromatic heterocycles. The lowest BCUT2D eigenvalue weighted by atomic mass is 10.2. The Labute approximate surface area is 138 Å². The largest absolute Gasteiger partial charge is 0.384 e. The van der Waals surface area contributed by atoms with Crippen molar-refractivity contribution in [1.29, 1.82) is 5.41 Å². The molecule has 0 spiro atoms. The lowest BCUT2D eigenvalue weighted by Gasteiger charge is -2.10. The van der Waals surface area contributed by atoms with Crippen molar-refractivity contribution in [2.24, 2.45) is 5.73 Å². The van der Waals surface area contributed by atoms with Crippen molar-refractivity contribution in [2.75, 3.05) is 10.6 Å². The van der Waals surface area contributed by atoms with Crippen molar-refractivity contribution in [3.63, 3.8) is 0 Å². The summed E-state index contributed by atoms with van der Waals surface area (Å²) < 4.78 is 1.68. The summed E-state index contributed by atoms with van der Waals surface area (Å²) in [4.78, 5) is 12.0. The predicted molar refractivity (Wildman–Crippen MR) is 91.9 cm³/mol. The van der Waals surface area contributed by atoms with E-state index in [1.807, 2.05) is 12.1 Å². The summed E-state index contributed by atoms with van der Waals surface area (Å²) in [5, 5.41) is 12.8. The highest BCUT2D eigenvalue weighted by Crippen LogP contribution is 2.26. The smallest absolute Gasteiger partial charge is 0.323 e. The molecule has 0 saturated carbocycles. The van der Waals surface area contributed by atoms with Gasteiger partial charge in [0.25, 0.3) is 0 Å². The minimum Gasteiger partial charge on any atom is -0.384 e. The third-order valence-electron chi connectivity index (χ3n) is 2.61. The monoisotopic (exact) mass is 410 g/mol. The number of nitrogens with two attached hydrogens (primary N) is 1. The van der Waals surface area contributed by atoms with Gasteiger partial charge in [-0.2, -0.15) is 0 Å². The van der Waals surface area contributed by atoms with Gasteiger partial charge in [0.15, 0.2) is 0 Å². The molecule has 0 aliphatic carbocycles. The highest BCUT2D eigenvalue weighted by atomic mass is 79.9. The molecule has 5 N–H and O–H groups in total. The molecule has 108 valence electrons. The molecule has 0 radical (unpaired) electrons. The number of nitrogen functional groups attached to an aromatic ring is 1. The van der Waals surface area contributed by atoms with E-state index < -0.39 is 0 Å². The van der Waals surface area contributed by atoms with Gasteiger partial charge in [0.05, 0.1) is 5.69 Å². The third-order valence-corrected chi connectivity index (χ3v) is 3.76. The van der Waals surface area contributed by atoms with Gasteiger partial charge in [-0.05, 0) is 46.3 Å². The highest BCUT2D eigenvalue weighted by molar-refractivity contribution is 9.11. The number of anilines is 2. The average Bonchev–Trinajstić information content (AvgIpc) is 2.42. The fourth-order valence-electron chi connectivity index (χ4n) is 1.64. The second-order valence-electron chi connectivity index (χ2n) is 4.20. The zero-order valence-electron chi connectivity index (χ0n) is 10.8. The minimum atomic E-state index is -0.376. The molecule has 0 unspecified atom stereocenters. The summed E-state index contributed by atoms with van der Waals surface area (Å²) in [6.45, 7) is 0. The van der Waals surface area contributed by atoms with Crippen LogP contribution in [0.1, 0.15) is 5.56 Å². The SMILES string of the molecule is N=C(N)c1cccc(NC(=O)Nc2ccc(Br)cc2Br)c1. The quantitative estimate of drug-likeness (QED) is 0.451. The van der Waals surface area contributed by atoms with E-state index in [0.29, 0.717) is 16.9 Å². The lowest BCUT2D eigenvalue weighted by molar-refractivity contribution is 0.262. The summed E-state index contributed by atoms with van der Waals surface area (Å²) in [6, 6.07) is 11.9. The number of halogens is 2. The fourth-order valence-corrected chi connectivity index (χ4v) is 2.79. The van der Waals surface area contributed by atoms with Gasteiger partial charge < -0.3 is 16.4 Å².